The highest BCUT2D eigenvalue weighted by Crippen LogP contribution is 2.30. The first kappa shape index (κ1) is 13.8. The van der Waals surface area contributed by atoms with Crippen LogP contribution in [-0.2, 0) is 0 Å². The molecule has 0 aromatic carbocycles. The maximum atomic E-state index is 6.00. The van der Waals surface area contributed by atoms with E-state index in [1.165, 1.54) is 0 Å². The van der Waals surface area contributed by atoms with Gasteiger partial charge in [0.2, 0.25) is 5.82 Å². The summed E-state index contributed by atoms with van der Waals surface area (Å²) in [5.41, 5.74) is 7.50. The monoisotopic (exact) mass is 308 g/mol. The Morgan fingerprint density at radius 3 is 2.83 bits per heavy atom. The van der Waals surface area contributed by atoms with Crippen molar-refractivity contribution in [3.8, 4) is 23.0 Å². The molecule has 0 spiro atoms. The molecule has 0 bridgehead atoms. The average molecular weight is 308 g/mol. The molecule has 4 rings (SSSR count). The van der Waals surface area contributed by atoms with Gasteiger partial charge in [-0.25, -0.2) is 4.98 Å². The summed E-state index contributed by atoms with van der Waals surface area (Å²) < 4.78 is 5.43. The Balaban J connectivity index is 1.70. The highest BCUT2D eigenvalue weighted by Gasteiger charge is 2.24. The lowest BCUT2D eigenvalue weighted by atomic mass is 10.2. The van der Waals surface area contributed by atoms with E-state index in [4.69, 9.17) is 10.3 Å². The third-order valence-electron chi connectivity index (χ3n) is 3.86. The van der Waals surface area contributed by atoms with E-state index >= 15 is 0 Å². The number of nitrogens with two attached hydrogens (primary N) is 1. The lowest BCUT2D eigenvalue weighted by molar-refractivity contribution is 0.432. The van der Waals surface area contributed by atoms with Gasteiger partial charge in [-0.05, 0) is 30.7 Å². The van der Waals surface area contributed by atoms with E-state index in [1.54, 1.807) is 12.4 Å². The molecule has 1 unspecified atom stereocenters. The Labute approximate surface area is 133 Å². The second-order valence-corrected chi connectivity index (χ2v) is 5.51. The molecule has 1 saturated heterocycles. The van der Waals surface area contributed by atoms with E-state index in [9.17, 15) is 0 Å². The number of hydrogen-bond acceptors (Lipinski definition) is 7. The summed E-state index contributed by atoms with van der Waals surface area (Å²) in [6, 6.07) is 9.55. The number of pyridine rings is 2. The fourth-order valence-corrected chi connectivity index (χ4v) is 2.73. The summed E-state index contributed by atoms with van der Waals surface area (Å²) in [6.45, 7) is 1.66. The Morgan fingerprint density at radius 2 is 2.04 bits per heavy atom. The van der Waals surface area contributed by atoms with E-state index in [1.807, 2.05) is 30.3 Å². The molecule has 4 heterocycles. The quantitative estimate of drug-likeness (QED) is 0.787. The molecule has 2 N–H and O–H groups in total. The molecule has 0 radical (unpaired) electrons. The number of anilines is 1. The van der Waals surface area contributed by atoms with Crippen LogP contribution in [0.25, 0.3) is 23.0 Å². The van der Waals surface area contributed by atoms with Crippen molar-refractivity contribution in [2.75, 3.05) is 18.0 Å². The van der Waals surface area contributed by atoms with Crippen LogP contribution in [0.5, 0.6) is 0 Å². The Hall–Kier alpha value is -2.80. The molecule has 0 aliphatic carbocycles. The summed E-state index contributed by atoms with van der Waals surface area (Å²) in [5.74, 6) is 1.74. The van der Waals surface area contributed by atoms with Gasteiger partial charge in [-0.2, -0.15) is 4.98 Å². The van der Waals surface area contributed by atoms with E-state index in [0.29, 0.717) is 17.4 Å². The smallest absolute Gasteiger partial charge is 0.262 e. The Morgan fingerprint density at radius 1 is 1.13 bits per heavy atom. The highest BCUT2D eigenvalue weighted by molar-refractivity contribution is 5.71. The molecule has 116 valence electrons. The van der Waals surface area contributed by atoms with Crippen molar-refractivity contribution in [3.63, 3.8) is 0 Å². The van der Waals surface area contributed by atoms with Crippen LogP contribution >= 0.6 is 0 Å². The molecule has 1 aliphatic rings. The molecule has 1 fully saturated rings. The summed E-state index contributed by atoms with van der Waals surface area (Å²) in [7, 11) is 0. The number of hydrogen-bond donors (Lipinski definition) is 1. The first-order valence-electron chi connectivity index (χ1n) is 7.52. The van der Waals surface area contributed by atoms with E-state index in [2.05, 4.69) is 25.0 Å². The predicted molar refractivity (Wildman–Crippen MR) is 85.6 cm³/mol. The van der Waals surface area contributed by atoms with Crippen LogP contribution in [0.1, 0.15) is 6.42 Å². The molecule has 0 amide bonds. The van der Waals surface area contributed by atoms with Crippen LogP contribution in [0.15, 0.2) is 47.2 Å². The Kier molecular flexibility index (Phi) is 3.47. The number of nitrogens with zero attached hydrogens (tertiary/aromatic N) is 5. The van der Waals surface area contributed by atoms with Crippen molar-refractivity contribution >= 4 is 5.82 Å². The van der Waals surface area contributed by atoms with Gasteiger partial charge >= 0.3 is 0 Å². The molecule has 1 aliphatic heterocycles. The van der Waals surface area contributed by atoms with E-state index < -0.39 is 0 Å². The number of rotatable bonds is 3. The topological polar surface area (TPSA) is 94.0 Å². The maximum absolute atomic E-state index is 6.00. The van der Waals surface area contributed by atoms with Gasteiger partial charge in [0.15, 0.2) is 0 Å². The number of aromatic nitrogens is 4. The normalized spacial score (nSPS) is 17.6. The zero-order valence-corrected chi connectivity index (χ0v) is 12.5. The molecule has 3 aromatic rings. The highest BCUT2D eigenvalue weighted by atomic mass is 16.5. The fourth-order valence-electron chi connectivity index (χ4n) is 2.73. The van der Waals surface area contributed by atoms with Gasteiger partial charge in [0.1, 0.15) is 11.5 Å². The molecule has 0 saturated carbocycles. The molecule has 1 atom stereocenters. The van der Waals surface area contributed by atoms with Gasteiger partial charge in [-0.1, -0.05) is 11.2 Å². The minimum atomic E-state index is 0.177. The Bertz CT molecular complexity index is 803. The first-order valence-corrected chi connectivity index (χ1v) is 7.52. The minimum absolute atomic E-state index is 0.177. The third kappa shape index (κ3) is 2.66. The summed E-state index contributed by atoms with van der Waals surface area (Å²) in [5, 5.41) is 4.03. The second-order valence-electron chi connectivity index (χ2n) is 5.51. The van der Waals surface area contributed by atoms with Crippen molar-refractivity contribution in [1.29, 1.82) is 0 Å². The van der Waals surface area contributed by atoms with Crippen LogP contribution in [0.2, 0.25) is 0 Å². The van der Waals surface area contributed by atoms with Crippen LogP contribution < -0.4 is 10.6 Å². The molecule has 7 nitrogen and oxygen atoms in total. The molecular weight excluding hydrogens is 292 g/mol. The fraction of sp³-hybridized carbons (Fsp3) is 0.250. The van der Waals surface area contributed by atoms with Crippen molar-refractivity contribution in [1.82, 2.24) is 20.1 Å². The second kappa shape index (κ2) is 5.77. The van der Waals surface area contributed by atoms with Gasteiger partial charge in [0.05, 0.1) is 5.56 Å². The van der Waals surface area contributed by atoms with Gasteiger partial charge in [0.25, 0.3) is 5.89 Å². The average Bonchev–Trinajstić information content (AvgIpc) is 3.25. The van der Waals surface area contributed by atoms with Gasteiger partial charge in [0, 0.05) is 31.5 Å². The van der Waals surface area contributed by atoms with Gasteiger partial charge in [-0.15, -0.1) is 0 Å². The van der Waals surface area contributed by atoms with Crippen LogP contribution in [0, 0.1) is 0 Å². The molecule has 3 aromatic heterocycles. The summed E-state index contributed by atoms with van der Waals surface area (Å²) >= 11 is 0. The predicted octanol–water partition coefficient (Wildman–Crippen LogP) is 1.73. The lowest BCUT2D eigenvalue weighted by Crippen LogP contribution is -2.27. The van der Waals surface area contributed by atoms with Crippen LogP contribution in [0.3, 0.4) is 0 Å². The van der Waals surface area contributed by atoms with Gasteiger partial charge < -0.3 is 15.2 Å². The van der Waals surface area contributed by atoms with Crippen molar-refractivity contribution in [2.24, 2.45) is 5.73 Å². The third-order valence-corrected chi connectivity index (χ3v) is 3.86. The van der Waals surface area contributed by atoms with Crippen LogP contribution in [0.4, 0.5) is 5.82 Å². The first-order chi connectivity index (χ1) is 11.3. The standard InChI is InChI=1S/C16H16N6O/c17-11-6-9-22(10-11)15-12(4-3-8-19-15)16-20-14(21-23-16)13-5-1-2-7-18-13/h1-5,7-8,11H,6,9-10,17H2. The minimum Gasteiger partial charge on any atom is -0.354 e. The largest absolute Gasteiger partial charge is 0.354 e. The zero-order chi connectivity index (χ0) is 15.6. The van der Waals surface area contributed by atoms with E-state index in [0.717, 1.165) is 30.9 Å². The lowest BCUT2D eigenvalue weighted by Gasteiger charge is -2.18. The summed E-state index contributed by atoms with van der Waals surface area (Å²) in [4.78, 5) is 15.3. The molecular formula is C16H16N6O. The van der Waals surface area contributed by atoms with Gasteiger partial charge in [-0.3, -0.25) is 4.98 Å². The summed E-state index contributed by atoms with van der Waals surface area (Å²) in [6.07, 6.45) is 4.42. The van der Waals surface area contributed by atoms with E-state index in [-0.39, 0.29) is 6.04 Å². The van der Waals surface area contributed by atoms with Crippen molar-refractivity contribution in [2.45, 2.75) is 12.5 Å². The van der Waals surface area contributed by atoms with Crippen molar-refractivity contribution in [3.05, 3.63) is 42.7 Å². The van der Waals surface area contributed by atoms with Crippen LogP contribution in [-0.4, -0.2) is 39.2 Å². The SMILES string of the molecule is NC1CCN(c2ncccc2-c2nc(-c3ccccn3)no2)C1. The maximum Gasteiger partial charge on any atom is 0.262 e. The zero-order valence-electron chi connectivity index (χ0n) is 12.5. The molecule has 7 heteroatoms. The van der Waals surface area contributed by atoms with Crippen molar-refractivity contribution < 1.29 is 4.52 Å². The molecule has 23 heavy (non-hydrogen) atoms.